The second-order valence-electron chi connectivity index (χ2n) is 4.36. The number of hydrogen-bond acceptors (Lipinski definition) is 4. The molecule has 98 valence electrons. The van der Waals surface area contributed by atoms with E-state index in [2.05, 4.69) is 46.3 Å². The third kappa shape index (κ3) is 4.49. The van der Waals surface area contributed by atoms with Crippen LogP contribution >= 0.6 is 11.3 Å². The standard InChI is InChI=1S/C15H17N3S/c1-18(10-15-11-19-12-17-15)9-14-5-2-4-13(8-14)6-3-7-16/h2,4-5,8,11-12H,7,9-10,16H2,1H3. The number of hydrogen-bond donors (Lipinski definition) is 1. The van der Waals surface area contributed by atoms with E-state index in [0.29, 0.717) is 6.54 Å². The molecule has 2 aromatic rings. The van der Waals surface area contributed by atoms with E-state index in [0.717, 1.165) is 24.3 Å². The molecule has 0 radical (unpaired) electrons. The fourth-order valence-electron chi connectivity index (χ4n) is 1.86. The maximum atomic E-state index is 5.38. The van der Waals surface area contributed by atoms with Crippen molar-refractivity contribution in [2.75, 3.05) is 13.6 Å². The second kappa shape index (κ2) is 7.05. The first-order chi connectivity index (χ1) is 9.28. The fraction of sp³-hybridized carbons (Fsp3) is 0.267. The van der Waals surface area contributed by atoms with Crippen molar-refractivity contribution in [2.24, 2.45) is 5.73 Å². The van der Waals surface area contributed by atoms with Crippen LogP contribution in [0, 0.1) is 11.8 Å². The lowest BCUT2D eigenvalue weighted by molar-refractivity contribution is 0.316. The molecule has 3 nitrogen and oxygen atoms in total. The summed E-state index contributed by atoms with van der Waals surface area (Å²) in [6.07, 6.45) is 0. The molecule has 0 spiro atoms. The molecular weight excluding hydrogens is 254 g/mol. The van der Waals surface area contributed by atoms with E-state index in [1.165, 1.54) is 5.56 Å². The first-order valence-corrected chi connectivity index (χ1v) is 7.05. The number of aromatic nitrogens is 1. The minimum Gasteiger partial charge on any atom is -0.320 e. The predicted octanol–water partition coefficient (Wildman–Crippen LogP) is 2.09. The highest BCUT2D eigenvalue weighted by Gasteiger charge is 2.03. The average molecular weight is 271 g/mol. The zero-order chi connectivity index (χ0) is 13.5. The van der Waals surface area contributed by atoms with Crippen LogP contribution in [0.3, 0.4) is 0 Å². The third-order valence-electron chi connectivity index (χ3n) is 2.63. The summed E-state index contributed by atoms with van der Waals surface area (Å²) in [7, 11) is 2.09. The van der Waals surface area contributed by atoms with Crippen molar-refractivity contribution in [1.82, 2.24) is 9.88 Å². The molecule has 1 aromatic carbocycles. The Bertz CT molecular complexity index is 567. The molecule has 0 aliphatic rings. The fourth-order valence-corrected chi connectivity index (χ4v) is 2.41. The van der Waals surface area contributed by atoms with Gasteiger partial charge in [0.05, 0.1) is 17.7 Å². The van der Waals surface area contributed by atoms with Gasteiger partial charge in [-0.2, -0.15) is 0 Å². The van der Waals surface area contributed by atoms with E-state index in [1.54, 1.807) is 11.3 Å². The van der Waals surface area contributed by atoms with Gasteiger partial charge in [0.2, 0.25) is 0 Å². The molecule has 0 aliphatic heterocycles. The van der Waals surface area contributed by atoms with Crippen molar-refractivity contribution in [3.8, 4) is 11.8 Å². The molecule has 4 heteroatoms. The van der Waals surface area contributed by atoms with Gasteiger partial charge in [-0.25, -0.2) is 4.98 Å². The average Bonchev–Trinajstić information content (AvgIpc) is 2.89. The van der Waals surface area contributed by atoms with Crippen molar-refractivity contribution < 1.29 is 0 Å². The van der Waals surface area contributed by atoms with Crippen LogP contribution in [0.1, 0.15) is 16.8 Å². The molecule has 2 rings (SSSR count). The van der Waals surface area contributed by atoms with Gasteiger partial charge in [0.1, 0.15) is 0 Å². The van der Waals surface area contributed by atoms with Crippen LogP contribution in [0.15, 0.2) is 35.2 Å². The topological polar surface area (TPSA) is 42.1 Å². The Morgan fingerprint density at radius 1 is 1.37 bits per heavy atom. The first kappa shape index (κ1) is 13.8. The Morgan fingerprint density at radius 2 is 2.26 bits per heavy atom. The maximum Gasteiger partial charge on any atom is 0.0795 e. The Labute approximate surface area is 118 Å². The van der Waals surface area contributed by atoms with Gasteiger partial charge in [-0.3, -0.25) is 4.90 Å². The molecule has 0 fully saturated rings. The lowest BCUT2D eigenvalue weighted by atomic mass is 10.1. The van der Waals surface area contributed by atoms with Crippen LogP contribution < -0.4 is 5.73 Å². The Balaban J connectivity index is 1.98. The van der Waals surface area contributed by atoms with Gasteiger partial charge >= 0.3 is 0 Å². The quantitative estimate of drug-likeness (QED) is 0.866. The zero-order valence-electron chi connectivity index (χ0n) is 11.0. The molecule has 0 aliphatic carbocycles. The van der Waals surface area contributed by atoms with Gasteiger partial charge in [0.15, 0.2) is 0 Å². The van der Waals surface area contributed by atoms with E-state index < -0.39 is 0 Å². The normalized spacial score (nSPS) is 10.3. The molecule has 0 unspecified atom stereocenters. The van der Waals surface area contributed by atoms with Crippen LogP contribution in [0.2, 0.25) is 0 Å². The molecule has 19 heavy (non-hydrogen) atoms. The zero-order valence-corrected chi connectivity index (χ0v) is 11.8. The monoisotopic (exact) mass is 271 g/mol. The number of thiazole rings is 1. The molecule has 0 amide bonds. The Hall–Kier alpha value is -1.67. The van der Waals surface area contributed by atoms with Crippen molar-refractivity contribution in [3.05, 3.63) is 52.0 Å². The molecule has 1 heterocycles. The molecule has 0 saturated heterocycles. The van der Waals surface area contributed by atoms with Gasteiger partial charge in [-0.1, -0.05) is 24.0 Å². The number of nitrogens with zero attached hydrogens (tertiary/aromatic N) is 2. The predicted molar refractivity (Wildman–Crippen MR) is 79.7 cm³/mol. The minimum atomic E-state index is 0.397. The smallest absolute Gasteiger partial charge is 0.0795 e. The van der Waals surface area contributed by atoms with Gasteiger partial charge < -0.3 is 5.73 Å². The van der Waals surface area contributed by atoms with E-state index in [1.807, 2.05) is 17.6 Å². The summed E-state index contributed by atoms with van der Waals surface area (Å²) in [4.78, 5) is 6.54. The number of rotatable bonds is 4. The van der Waals surface area contributed by atoms with Crippen LogP contribution in [-0.2, 0) is 13.1 Å². The van der Waals surface area contributed by atoms with Crippen LogP contribution in [0.25, 0.3) is 0 Å². The first-order valence-electron chi connectivity index (χ1n) is 6.11. The Morgan fingerprint density at radius 3 is 3.00 bits per heavy atom. The summed E-state index contributed by atoms with van der Waals surface area (Å²) in [5.74, 6) is 5.94. The van der Waals surface area contributed by atoms with Crippen LogP contribution in [0.4, 0.5) is 0 Å². The van der Waals surface area contributed by atoms with Crippen LogP contribution in [0.5, 0.6) is 0 Å². The molecule has 0 saturated carbocycles. The molecule has 2 N–H and O–H groups in total. The highest BCUT2D eigenvalue weighted by atomic mass is 32.1. The lowest BCUT2D eigenvalue weighted by Gasteiger charge is -2.15. The van der Waals surface area contributed by atoms with E-state index in [9.17, 15) is 0 Å². The number of benzene rings is 1. The minimum absolute atomic E-state index is 0.397. The molecule has 0 bridgehead atoms. The van der Waals surface area contributed by atoms with Gasteiger partial charge in [-0.15, -0.1) is 11.3 Å². The lowest BCUT2D eigenvalue weighted by Crippen LogP contribution is -2.17. The van der Waals surface area contributed by atoms with Gasteiger partial charge in [0.25, 0.3) is 0 Å². The summed E-state index contributed by atoms with van der Waals surface area (Å²) in [6.45, 7) is 2.14. The van der Waals surface area contributed by atoms with Crippen molar-refractivity contribution in [2.45, 2.75) is 13.1 Å². The van der Waals surface area contributed by atoms with E-state index >= 15 is 0 Å². The summed E-state index contributed by atoms with van der Waals surface area (Å²) in [5, 5.41) is 2.08. The molecule has 0 atom stereocenters. The summed E-state index contributed by atoms with van der Waals surface area (Å²) < 4.78 is 0. The third-order valence-corrected chi connectivity index (χ3v) is 3.26. The molecule has 1 aromatic heterocycles. The summed E-state index contributed by atoms with van der Waals surface area (Å²) in [6, 6.07) is 8.27. The summed E-state index contributed by atoms with van der Waals surface area (Å²) in [5.41, 5.74) is 10.6. The van der Waals surface area contributed by atoms with E-state index in [4.69, 9.17) is 5.73 Å². The SMILES string of the molecule is CN(Cc1cccc(C#CCN)c1)Cc1cscn1. The van der Waals surface area contributed by atoms with Crippen molar-refractivity contribution in [1.29, 1.82) is 0 Å². The maximum absolute atomic E-state index is 5.38. The van der Waals surface area contributed by atoms with Crippen LogP contribution in [-0.4, -0.2) is 23.5 Å². The summed E-state index contributed by atoms with van der Waals surface area (Å²) >= 11 is 1.63. The van der Waals surface area contributed by atoms with Gasteiger partial charge in [-0.05, 0) is 24.7 Å². The highest BCUT2D eigenvalue weighted by molar-refractivity contribution is 7.07. The number of nitrogens with two attached hydrogens (primary N) is 1. The van der Waals surface area contributed by atoms with E-state index in [-0.39, 0.29) is 0 Å². The second-order valence-corrected chi connectivity index (χ2v) is 5.08. The Kier molecular flexibility index (Phi) is 5.10. The largest absolute Gasteiger partial charge is 0.320 e. The van der Waals surface area contributed by atoms with Gasteiger partial charge in [0, 0.05) is 24.0 Å². The highest BCUT2D eigenvalue weighted by Crippen LogP contribution is 2.10. The van der Waals surface area contributed by atoms with Crippen molar-refractivity contribution >= 4 is 11.3 Å². The molecular formula is C15H17N3S. The van der Waals surface area contributed by atoms with Crippen molar-refractivity contribution in [3.63, 3.8) is 0 Å².